The number of carbonyl (C=O) groups excluding carboxylic acids is 2. The topological polar surface area (TPSA) is 55.4 Å². The zero-order valence-electron chi connectivity index (χ0n) is 15.5. The molecule has 152 valence electrons. The van der Waals surface area contributed by atoms with Gasteiger partial charge in [0.05, 0.1) is 17.7 Å². The fraction of sp³-hybridized carbons (Fsp3) is 0.579. The maximum Gasteiger partial charge on any atom is 0.417 e. The first-order valence-electron chi connectivity index (χ1n) is 9.01. The summed E-state index contributed by atoms with van der Waals surface area (Å²) in [6.07, 6.45) is 1.21. The summed E-state index contributed by atoms with van der Waals surface area (Å²) in [7, 11) is 0. The second kappa shape index (κ2) is 10.9. The van der Waals surface area contributed by atoms with Gasteiger partial charge in [0.2, 0.25) is 0 Å². The molecular weight excluding hydrogens is 366 g/mol. The predicted octanol–water partition coefficient (Wildman–Crippen LogP) is 4.87. The molecule has 0 spiro atoms. The standard InChI is InChI=1S/C19H25F4NO3/c1-3-4-5-6-7-8-11-27-18(26)13(2)24-17(25)15-12-14(20)9-10-16(15)19(21,22)23/h9-10,12-13H,3-8,11H2,1-2H3,(H,24,25). The van der Waals surface area contributed by atoms with Gasteiger partial charge in [-0.25, -0.2) is 9.18 Å². The number of halogens is 4. The minimum Gasteiger partial charge on any atom is -0.464 e. The van der Waals surface area contributed by atoms with Crippen LogP contribution < -0.4 is 5.32 Å². The number of ether oxygens (including phenoxy) is 1. The number of benzene rings is 1. The first-order valence-corrected chi connectivity index (χ1v) is 9.01. The van der Waals surface area contributed by atoms with Gasteiger partial charge in [0, 0.05) is 0 Å². The number of nitrogens with one attached hydrogen (secondary N) is 1. The molecule has 0 saturated carbocycles. The third-order valence-electron chi connectivity index (χ3n) is 3.98. The SMILES string of the molecule is CCCCCCCCOC(=O)C(C)NC(=O)c1cc(F)ccc1C(F)(F)F. The van der Waals surface area contributed by atoms with Crippen molar-refractivity contribution in [3.63, 3.8) is 0 Å². The Morgan fingerprint density at radius 3 is 2.37 bits per heavy atom. The van der Waals surface area contributed by atoms with Crippen molar-refractivity contribution in [1.29, 1.82) is 0 Å². The van der Waals surface area contributed by atoms with Crippen LogP contribution in [0.15, 0.2) is 18.2 Å². The van der Waals surface area contributed by atoms with Gasteiger partial charge in [0.15, 0.2) is 0 Å². The van der Waals surface area contributed by atoms with Crippen molar-refractivity contribution in [2.45, 2.75) is 64.6 Å². The van der Waals surface area contributed by atoms with Crippen LogP contribution in [0.25, 0.3) is 0 Å². The van der Waals surface area contributed by atoms with Crippen LogP contribution >= 0.6 is 0 Å². The van der Waals surface area contributed by atoms with Gasteiger partial charge in [0.1, 0.15) is 11.9 Å². The van der Waals surface area contributed by atoms with Crippen molar-refractivity contribution in [3.8, 4) is 0 Å². The molecular formula is C19H25F4NO3. The molecule has 1 aromatic carbocycles. The summed E-state index contributed by atoms with van der Waals surface area (Å²) in [6, 6.07) is 0.456. The van der Waals surface area contributed by atoms with E-state index in [1.165, 1.54) is 6.92 Å². The Morgan fingerprint density at radius 2 is 1.74 bits per heavy atom. The van der Waals surface area contributed by atoms with Crippen molar-refractivity contribution in [2.75, 3.05) is 6.61 Å². The van der Waals surface area contributed by atoms with Gasteiger partial charge in [-0.1, -0.05) is 39.0 Å². The molecule has 0 heterocycles. The summed E-state index contributed by atoms with van der Waals surface area (Å²) in [6.45, 7) is 3.59. The maximum atomic E-state index is 13.3. The molecule has 1 rings (SSSR count). The Kier molecular flexibility index (Phi) is 9.25. The number of rotatable bonds is 10. The Balaban J connectivity index is 2.54. The number of hydrogen-bond acceptors (Lipinski definition) is 3. The average molecular weight is 391 g/mol. The van der Waals surface area contributed by atoms with E-state index in [9.17, 15) is 27.2 Å². The molecule has 1 N–H and O–H groups in total. The zero-order chi connectivity index (χ0) is 20.4. The number of unbranched alkanes of at least 4 members (excludes halogenated alkanes) is 5. The largest absolute Gasteiger partial charge is 0.464 e. The van der Waals surface area contributed by atoms with Gasteiger partial charge in [-0.2, -0.15) is 13.2 Å². The quantitative estimate of drug-likeness (QED) is 0.352. The fourth-order valence-electron chi connectivity index (χ4n) is 2.46. The van der Waals surface area contributed by atoms with Crippen molar-refractivity contribution < 1.29 is 31.9 Å². The van der Waals surface area contributed by atoms with Crippen LogP contribution in [-0.4, -0.2) is 24.5 Å². The molecule has 1 unspecified atom stereocenters. The van der Waals surface area contributed by atoms with Crippen LogP contribution in [-0.2, 0) is 15.7 Å². The number of esters is 1. The van der Waals surface area contributed by atoms with Gasteiger partial charge in [-0.15, -0.1) is 0 Å². The molecule has 0 aliphatic rings. The molecule has 0 aliphatic carbocycles. The van der Waals surface area contributed by atoms with Gasteiger partial charge >= 0.3 is 12.1 Å². The van der Waals surface area contributed by atoms with Crippen molar-refractivity contribution in [2.24, 2.45) is 0 Å². The van der Waals surface area contributed by atoms with E-state index >= 15 is 0 Å². The average Bonchev–Trinajstić information content (AvgIpc) is 2.59. The lowest BCUT2D eigenvalue weighted by Crippen LogP contribution is -2.40. The highest BCUT2D eigenvalue weighted by molar-refractivity contribution is 5.98. The van der Waals surface area contributed by atoms with Gasteiger partial charge < -0.3 is 10.1 Å². The van der Waals surface area contributed by atoms with Gasteiger partial charge in [-0.05, 0) is 31.5 Å². The molecule has 1 atom stereocenters. The summed E-state index contributed by atoms with van der Waals surface area (Å²) in [5.74, 6) is -2.92. The zero-order valence-corrected chi connectivity index (χ0v) is 15.5. The van der Waals surface area contributed by atoms with Crippen LogP contribution in [0, 0.1) is 5.82 Å². The third kappa shape index (κ3) is 7.97. The lowest BCUT2D eigenvalue weighted by Gasteiger charge is -2.16. The van der Waals surface area contributed by atoms with Crippen molar-refractivity contribution in [1.82, 2.24) is 5.32 Å². The molecule has 1 aromatic rings. The van der Waals surface area contributed by atoms with Crippen LogP contribution in [0.3, 0.4) is 0 Å². The molecule has 1 amide bonds. The number of alkyl halides is 3. The summed E-state index contributed by atoms with van der Waals surface area (Å²) in [5.41, 5.74) is -2.15. The normalized spacial score (nSPS) is 12.5. The third-order valence-corrected chi connectivity index (χ3v) is 3.98. The van der Waals surface area contributed by atoms with E-state index in [1.54, 1.807) is 0 Å². The summed E-state index contributed by atoms with van der Waals surface area (Å²) >= 11 is 0. The summed E-state index contributed by atoms with van der Waals surface area (Å²) in [4.78, 5) is 23.9. The van der Waals surface area contributed by atoms with E-state index in [0.717, 1.165) is 32.1 Å². The fourth-order valence-corrected chi connectivity index (χ4v) is 2.46. The van der Waals surface area contributed by atoms with Crippen LogP contribution in [0.4, 0.5) is 17.6 Å². The molecule has 0 fully saturated rings. The molecule has 4 nitrogen and oxygen atoms in total. The number of hydrogen-bond donors (Lipinski definition) is 1. The van der Waals surface area contributed by atoms with E-state index in [0.29, 0.717) is 24.6 Å². The van der Waals surface area contributed by atoms with E-state index < -0.39 is 41.0 Å². The Labute approximate surface area is 156 Å². The van der Waals surface area contributed by atoms with Gasteiger partial charge in [-0.3, -0.25) is 4.79 Å². The second-order valence-corrected chi connectivity index (χ2v) is 6.32. The summed E-state index contributed by atoms with van der Waals surface area (Å²) in [5, 5.41) is 2.12. The monoisotopic (exact) mass is 391 g/mol. The smallest absolute Gasteiger partial charge is 0.417 e. The highest BCUT2D eigenvalue weighted by atomic mass is 19.4. The highest BCUT2D eigenvalue weighted by Gasteiger charge is 2.36. The van der Waals surface area contributed by atoms with Crippen LogP contribution in [0.5, 0.6) is 0 Å². The lowest BCUT2D eigenvalue weighted by atomic mass is 10.1. The molecule has 27 heavy (non-hydrogen) atoms. The molecule has 0 radical (unpaired) electrons. The second-order valence-electron chi connectivity index (χ2n) is 6.32. The molecule has 0 aromatic heterocycles. The highest BCUT2D eigenvalue weighted by Crippen LogP contribution is 2.32. The van der Waals surface area contributed by atoms with Crippen molar-refractivity contribution in [3.05, 3.63) is 35.1 Å². The van der Waals surface area contributed by atoms with E-state index in [2.05, 4.69) is 12.2 Å². The number of carbonyl (C=O) groups is 2. The van der Waals surface area contributed by atoms with Crippen LogP contribution in [0.1, 0.15) is 68.3 Å². The molecule has 8 heteroatoms. The molecule has 0 saturated heterocycles. The number of amides is 1. The van der Waals surface area contributed by atoms with E-state index in [4.69, 9.17) is 4.74 Å². The minimum absolute atomic E-state index is 0.179. The van der Waals surface area contributed by atoms with E-state index in [1.807, 2.05) is 0 Å². The van der Waals surface area contributed by atoms with Crippen molar-refractivity contribution >= 4 is 11.9 Å². The lowest BCUT2D eigenvalue weighted by molar-refractivity contribution is -0.145. The Hall–Kier alpha value is -2.12. The first kappa shape index (κ1) is 22.9. The first-order chi connectivity index (χ1) is 12.7. The Morgan fingerprint density at radius 1 is 1.11 bits per heavy atom. The van der Waals surface area contributed by atoms with E-state index in [-0.39, 0.29) is 6.61 Å². The minimum atomic E-state index is -4.82. The maximum absolute atomic E-state index is 13.3. The predicted molar refractivity (Wildman–Crippen MR) is 92.7 cm³/mol. The molecule has 0 aliphatic heterocycles. The molecule has 0 bridgehead atoms. The van der Waals surface area contributed by atoms with Gasteiger partial charge in [0.25, 0.3) is 5.91 Å². The van der Waals surface area contributed by atoms with Crippen LogP contribution in [0.2, 0.25) is 0 Å². The summed E-state index contributed by atoms with van der Waals surface area (Å²) < 4.78 is 57.2. The Bertz CT molecular complexity index is 632.